The topological polar surface area (TPSA) is 60.2 Å². The van der Waals surface area contributed by atoms with Crippen LogP contribution in [0.5, 0.6) is 0 Å². The van der Waals surface area contributed by atoms with Gasteiger partial charge in [-0.25, -0.2) is 8.42 Å². The van der Waals surface area contributed by atoms with Gasteiger partial charge < -0.3 is 5.73 Å². The second kappa shape index (κ2) is 5.06. The van der Waals surface area contributed by atoms with Crippen molar-refractivity contribution in [2.24, 2.45) is 0 Å². The van der Waals surface area contributed by atoms with Gasteiger partial charge in [0.25, 0.3) is 0 Å². The number of hydrogen-bond donors (Lipinski definition) is 1. The molecule has 0 heterocycles. The van der Waals surface area contributed by atoms with Crippen molar-refractivity contribution in [1.29, 1.82) is 0 Å². The monoisotopic (exact) mass is 261 g/mol. The molecular weight excluding hydrogens is 246 g/mol. The Hall–Kier alpha value is -0.740. The van der Waals surface area contributed by atoms with Gasteiger partial charge in [0.2, 0.25) is 0 Å². The van der Waals surface area contributed by atoms with Crippen LogP contribution in [0.3, 0.4) is 0 Å². The summed E-state index contributed by atoms with van der Waals surface area (Å²) in [5.41, 5.74) is 5.93. The van der Waals surface area contributed by atoms with Crippen LogP contribution in [0.2, 0.25) is 5.02 Å². The lowest BCUT2D eigenvalue weighted by Gasteiger charge is -2.13. The van der Waals surface area contributed by atoms with Crippen LogP contribution < -0.4 is 5.73 Å². The Morgan fingerprint density at radius 3 is 2.62 bits per heavy atom. The zero-order valence-corrected chi connectivity index (χ0v) is 11.0. The summed E-state index contributed by atoms with van der Waals surface area (Å²) in [6, 6.07) is 4.52. The van der Waals surface area contributed by atoms with Crippen molar-refractivity contribution in [1.82, 2.24) is 0 Å². The van der Waals surface area contributed by atoms with Crippen LogP contribution in [0, 0.1) is 0 Å². The normalized spacial score (nSPS) is 13.7. The maximum absolute atomic E-state index is 12.2. The lowest BCUT2D eigenvalue weighted by Crippen LogP contribution is -2.19. The summed E-state index contributed by atoms with van der Waals surface area (Å²) in [6.07, 6.45) is 1.44. The minimum absolute atomic E-state index is 0.140. The van der Waals surface area contributed by atoms with Gasteiger partial charge in [-0.3, -0.25) is 0 Å². The predicted octanol–water partition coefficient (Wildman–Crippen LogP) is 2.88. The predicted molar refractivity (Wildman–Crippen MR) is 67.4 cm³/mol. The van der Waals surface area contributed by atoms with Crippen LogP contribution in [0.1, 0.15) is 26.7 Å². The van der Waals surface area contributed by atoms with Crippen LogP contribution in [0.25, 0.3) is 0 Å². The summed E-state index contributed by atoms with van der Waals surface area (Å²) in [4.78, 5) is 0.140. The Morgan fingerprint density at radius 1 is 1.44 bits per heavy atom. The summed E-state index contributed by atoms with van der Waals surface area (Å²) in [6.45, 7) is 3.65. The first-order valence-electron chi connectivity index (χ1n) is 5.18. The number of halogens is 1. The van der Waals surface area contributed by atoms with Crippen molar-refractivity contribution < 1.29 is 8.42 Å². The minimum Gasteiger partial charge on any atom is -0.398 e. The third kappa shape index (κ3) is 2.68. The quantitative estimate of drug-likeness (QED) is 0.848. The molecule has 1 aromatic carbocycles. The fraction of sp³-hybridized carbons (Fsp3) is 0.455. The smallest absolute Gasteiger partial charge is 0.183 e. The lowest BCUT2D eigenvalue weighted by molar-refractivity contribution is 0.576. The summed E-state index contributed by atoms with van der Waals surface area (Å²) in [7, 11) is -3.36. The van der Waals surface area contributed by atoms with E-state index in [9.17, 15) is 8.42 Å². The summed E-state index contributed by atoms with van der Waals surface area (Å²) in [5.74, 6) is 0. The highest BCUT2D eigenvalue weighted by Gasteiger charge is 2.24. The molecule has 0 spiro atoms. The number of rotatable bonds is 4. The molecule has 5 heteroatoms. The van der Waals surface area contributed by atoms with Crippen molar-refractivity contribution >= 4 is 27.1 Å². The van der Waals surface area contributed by atoms with Gasteiger partial charge >= 0.3 is 0 Å². The summed E-state index contributed by atoms with van der Waals surface area (Å²) < 4.78 is 24.3. The molecule has 0 saturated heterocycles. The van der Waals surface area contributed by atoms with Crippen molar-refractivity contribution in [2.45, 2.75) is 36.8 Å². The first-order valence-corrected chi connectivity index (χ1v) is 7.11. The number of nitrogen functional groups attached to an aromatic ring is 1. The van der Waals surface area contributed by atoms with Crippen LogP contribution in [0.4, 0.5) is 5.69 Å². The van der Waals surface area contributed by atoms with Gasteiger partial charge in [0.1, 0.15) is 0 Å². The van der Waals surface area contributed by atoms with Crippen LogP contribution in [-0.4, -0.2) is 13.7 Å². The van der Waals surface area contributed by atoms with Crippen LogP contribution >= 0.6 is 11.6 Å². The molecule has 0 aromatic heterocycles. The molecule has 0 aliphatic heterocycles. The second-order valence-corrected chi connectivity index (χ2v) is 6.60. The Labute approximate surface area is 102 Å². The van der Waals surface area contributed by atoms with E-state index >= 15 is 0 Å². The molecule has 2 N–H and O–H groups in total. The number of nitrogens with two attached hydrogens (primary N) is 1. The minimum atomic E-state index is -3.36. The van der Waals surface area contributed by atoms with E-state index in [1.807, 2.05) is 6.92 Å². The van der Waals surface area contributed by atoms with Gasteiger partial charge in [-0.1, -0.05) is 24.9 Å². The average Bonchev–Trinajstić information content (AvgIpc) is 2.22. The fourth-order valence-corrected chi connectivity index (χ4v) is 3.44. The molecule has 0 radical (unpaired) electrons. The van der Waals surface area contributed by atoms with Crippen LogP contribution in [0.15, 0.2) is 23.1 Å². The molecule has 90 valence electrons. The number of benzene rings is 1. The van der Waals surface area contributed by atoms with Crippen molar-refractivity contribution in [2.75, 3.05) is 5.73 Å². The Kier molecular flexibility index (Phi) is 4.21. The third-order valence-corrected chi connectivity index (χ3v) is 5.00. The molecule has 16 heavy (non-hydrogen) atoms. The van der Waals surface area contributed by atoms with Crippen LogP contribution in [-0.2, 0) is 9.84 Å². The molecule has 0 aliphatic carbocycles. The van der Waals surface area contributed by atoms with Gasteiger partial charge in [-0.15, -0.1) is 0 Å². The molecule has 0 bridgehead atoms. The Bertz CT molecular complexity index is 471. The molecular formula is C11H16ClNO2S. The maximum Gasteiger partial charge on any atom is 0.183 e. The zero-order chi connectivity index (χ0) is 12.3. The molecule has 1 rings (SSSR count). The Balaban J connectivity index is 3.21. The standard InChI is InChI=1S/C11H16ClNO2S/c1-3-4-8(2)16(14,15)11-7-9(12)5-6-10(11)13/h5-8H,3-4,13H2,1-2H3. The van der Waals surface area contributed by atoms with E-state index < -0.39 is 15.1 Å². The van der Waals surface area contributed by atoms with Gasteiger partial charge in [0.15, 0.2) is 9.84 Å². The van der Waals surface area contributed by atoms with Gasteiger partial charge in [0, 0.05) is 5.02 Å². The summed E-state index contributed by atoms with van der Waals surface area (Å²) in [5, 5.41) is -0.0465. The van der Waals surface area contributed by atoms with Crippen molar-refractivity contribution in [3.63, 3.8) is 0 Å². The second-order valence-electron chi connectivity index (χ2n) is 3.83. The van der Waals surface area contributed by atoms with Gasteiger partial charge in [-0.05, 0) is 31.5 Å². The Morgan fingerprint density at radius 2 is 2.06 bits per heavy atom. The molecule has 1 aromatic rings. The maximum atomic E-state index is 12.2. The highest BCUT2D eigenvalue weighted by molar-refractivity contribution is 7.92. The SMILES string of the molecule is CCCC(C)S(=O)(=O)c1cc(Cl)ccc1N. The number of sulfone groups is 1. The highest BCUT2D eigenvalue weighted by atomic mass is 35.5. The fourth-order valence-electron chi connectivity index (χ4n) is 1.53. The molecule has 0 amide bonds. The van der Waals surface area contributed by atoms with Gasteiger partial charge in [-0.2, -0.15) is 0 Å². The molecule has 0 fully saturated rings. The van der Waals surface area contributed by atoms with E-state index in [0.29, 0.717) is 11.4 Å². The molecule has 3 nitrogen and oxygen atoms in total. The molecule has 0 aliphatic rings. The van der Waals surface area contributed by atoms with E-state index in [1.54, 1.807) is 13.0 Å². The van der Waals surface area contributed by atoms with Gasteiger partial charge in [0.05, 0.1) is 15.8 Å². The first-order chi connectivity index (χ1) is 7.39. The molecule has 1 atom stereocenters. The molecule has 1 unspecified atom stereocenters. The van der Waals surface area contributed by atoms with E-state index in [1.165, 1.54) is 12.1 Å². The number of anilines is 1. The average molecular weight is 262 g/mol. The van der Waals surface area contributed by atoms with E-state index in [2.05, 4.69) is 0 Å². The molecule has 0 saturated carbocycles. The van der Waals surface area contributed by atoms with E-state index in [-0.39, 0.29) is 10.6 Å². The zero-order valence-electron chi connectivity index (χ0n) is 9.40. The third-order valence-electron chi connectivity index (χ3n) is 2.51. The van der Waals surface area contributed by atoms with Crippen molar-refractivity contribution in [3.05, 3.63) is 23.2 Å². The van der Waals surface area contributed by atoms with E-state index in [0.717, 1.165) is 6.42 Å². The summed E-state index contributed by atoms with van der Waals surface area (Å²) >= 11 is 5.78. The number of hydrogen-bond acceptors (Lipinski definition) is 3. The van der Waals surface area contributed by atoms with Crippen molar-refractivity contribution in [3.8, 4) is 0 Å². The largest absolute Gasteiger partial charge is 0.398 e. The van der Waals surface area contributed by atoms with E-state index in [4.69, 9.17) is 17.3 Å². The lowest BCUT2D eigenvalue weighted by atomic mass is 10.3. The first kappa shape index (κ1) is 13.3. The highest BCUT2D eigenvalue weighted by Crippen LogP contribution is 2.27.